The van der Waals surface area contributed by atoms with Crippen LogP contribution < -0.4 is 24.4 Å². The zero-order valence-corrected chi connectivity index (χ0v) is 23.7. The topological polar surface area (TPSA) is 149 Å². The Hall–Kier alpha value is -4.69. The molecule has 0 radical (unpaired) electrons. The molecule has 0 bridgehead atoms. The van der Waals surface area contributed by atoms with E-state index >= 15 is 0 Å². The summed E-state index contributed by atoms with van der Waals surface area (Å²) in [4.78, 5) is 17.1. The Labute approximate surface area is 241 Å². The van der Waals surface area contributed by atoms with Gasteiger partial charge in [0.2, 0.25) is 10.0 Å². The van der Waals surface area contributed by atoms with E-state index in [1.54, 1.807) is 42.6 Å². The van der Waals surface area contributed by atoms with Crippen LogP contribution in [0, 0.1) is 10.1 Å². The van der Waals surface area contributed by atoms with Gasteiger partial charge in [-0.25, -0.2) is 8.42 Å². The number of thiocarbonyl (C=S) groups is 1. The van der Waals surface area contributed by atoms with E-state index < -0.39 is 27.0 Å². The molecule has 2 atom stereocenters. The second-order valence-corrected chi connectivity index (χ2v) is 11.2. The number of pyridine rings is 1. The molecule has 3 heterocycles. The normalized spacial score (nSPS) is 16.8. The number of nitrogens with zero attached hydrogens (tertiary/aromatic N) is 3. The van der Waals surface area contributed by atoms with Crippen LogP contribution in [0.1, 0.15) is 23.5 Å². The lowest BCUT2D eigenvalue weighted by Gasteiger charge is -2.27. The van der Waals surface area contributed by atoms with Crippen molar-refractivity contribution in [3.8, 4) is 22.8 Å². The van der Waals surface area contributed by atoms with Crippen molar-refractivity contribution >= 4 is 44.4 Å². The fourth-order valence-corrected chi connectivity index (χ4v) is 5.61. The maximum absolute atomic E-state index is 12.0. The molecular weight excluding hydrogens is 570 g/mol. The first-order valence-corrected chi connectivity index (χ1v) is 14.5. The fraction of sp³-hybridized carbons (Fsp3) is 0.185. The highest BCUT2D eigenvalue weighted by Gasteiger charge is 2.43. The zero-order chi connectivity index (χ0) is 29.3. The average Bonchev–Trinajstić information content (AvgIpc) is 3.56. The molecule has 1 saturated heterocycles. The Bertz CT molecular complexity index is 1730. The summed E-state index contributed by atoms with van der Waals surface area (Å²) in [6, 6.07) is 17.4. The average molecular weight is 596 g/mol. The van der Waals surface area contributed by atoms with Crippen molar-refractivity contribution in [1.82, 2.24) is 10.3 Å². The van der Waals surface area contributed by atoms with Crippen LogP contribution in [-0.2, 0) is 10.0 Å². The number of furan rings is 1. The van der Waals surface area contributed by atoms with Gasteiger partial charge in [-0.3, -0.25) is 19.8 Å². The molecule has 1 fully saturated rings. The lowest BCUT2D eigenvalue weighted by molar-refractivity contribution is -0.384. The van der Waals surface area contributed by atoms with Crippen LogP contribution in [0.15, 0.2) is 77.3 Å². The Kier molecular flexibility index (Phi) is 7.51. The van der Waals surface area contributed by atoms with E-state index in [-0.39, 0.29) is 17.1 Å². The van der Waals surface area contributed by atoms with Crippen molar-refractivity contribution < 1.29 is 27.2 Å². The second-order valence-electron chi connectivity index (χ2n) is 9.10. The number of sulfonamides is 1. The summed E-state index contributed by atoms with van der Waals surface area (Å²) in [5, 5.41) is 14.9. The molecule has 0 saturated carbocycles. The molecule has 4 aromatic rings. The van der Waals surface area contributed by atoms with E-state index in [0.29, 0.717) is 39.3 Å². The lowest BCUT2D eigenvalue weighted by Crippen LogP contribution is -2.29. The molecule has 14 heteroatoms. The third-order valence-corrected chi connectivity index (χ3v) is 7.34. The first-order chi connectivity index (χ1) is 19.6. The summed E-state index contributed by atoms with van der Waals surface area (Å²) in [5.41, 5.74) is 1.94. The van der Waals surface area contributed by atoms with Crippen LogP contribution >= 0.6 is 12.2 Å². The largest absolute Gasteiger partial charge is 0.496 e. The molecule has 12 nitrogen and oxygen atoms in total. The SMILES string of the molecule is COc1ccc(N2C(=S)N[C@@H](c3ccccn3)[C@H]2c2ccc(-c3ccc([N+](=O)[O-])cc3OC)o2)cc1NS(C)(=O)=O. The van der Waals surface area contributed by atoms with E-state index in [4.69, 9.17) is 26.1 Å². The van der Waals surface area contributed by atoms with Gasteiger partial charge in [-0.15, -0.1) is 0 Å². The van der Waals surface area contributed by atoms with Gasteiger partial charge in [0.15, 0.2) is 5.11 Å². The minimum absolute atomic E-state index is 0.109. The minimum atomic E-state index is -3.60. The number of ether oxygens (including phenoxy) is 2. The maximum Gasteiger partial charge on any atom is 0.273 e. The molecule has 0 amide bonds. The maximum atomic E-state index is 12.0. The van der Waals surface area contributed by atoms with E-state index in [9.17, 15) is 18.5 Å². The molecular formula is C27H25N5O7S2. The number of anilines is 2. The summed E-state index contributed by atoms with van der Waals surface area (Å²) in [5.74, 6) is 1.56. The number of nitrogens with one attached hydrogen (secondary N) is 2. The Balaban J connectivity index is 1.62. The number of aromatic nitrogens is 1. The van der Waals surface area contributed by atoms with E-state index in [0.717, 1.165) is 6.26 Å². The highest BCUT2D eigenvalue weighted by Crippen LogP contribution is 2.45. The van der Waals surface area contributed by atoms with Gasteiger partial charge in [0, 0.05) is 18.0 Å². The summed E-state index contributed by atoms with van der Waals surface area (Å²) in [7, 11) is -0.732. The number of nitro benzene ring substituents is 1. The molecule has 212 valence electrons. The van der Waals surface area contributed by atoms with Crippen LogP contribution in [0.2, 0.25) is 0 Å². The van der Waals surface area contributed by atoms with E-state index in [1.807, 2.05) is 23.1 Å². The molecule has 1 aliphatic rings. The predicted molar refractivity (Wildman–Crippen MR) is 157 cm³/mol. The van der Waals surface area contributed by atoms with Crippen LogP contribution in [0.3, 0.4) is 0 Å². The minimum Gasteiger partial charge on any atom is -0.496 e. The van der Waals surface area contributed by atoms with E-state index in [2.05, 4.69) is 15.0 Å². The summed E-state index contributed by atoms with van der Waals surface area (Å²) < 4.78 is 43.7. The summed E-state index contributed by atoms with van der Waals surface area (Å²) in [6.45, 7) is 0. The molecule has 0 aliphatic carbocycles. The van der Waals surface area contributed by atoms with Crippen molar-refractivity contribution in [3.63, 3.8) is 0 Å². The Morgan fingerprint density at radius 3 is 2.51 bits per heavy atom. The van der Waals surface area contributed by atoms with Gasteiger partial charge in [-0.2, -0.15) is 0 Å². The van der Waals surface area contributed by atoms with Gasteiger partial charge in [0.05, 0.1) is 54.5 Å². The highest BCUT2D eigenvalue weighted by molar-refractivity contribution is 7.92. The van der Waals surface area contributed by atoms with Crippen molar-refractivity contribution in [2.45, 2.75) is 12.1 Å². The first kappa shape index (κ1) is 27.9. The molecule has 1 aliphatic heterocycles. The summed E-state index contributed by atoms with van der Waals surface area (Å²) >= 11 is 5.76. The number of non-ortho nitro benzene ring substituents is 1. The molecule has 41 heavy (non-hydrogen) atoms. The van der Waals surface area contributed by atoms with Gasteiger partial charge in [0.25, 0.3) is 5.69 Å². The van der Waals surface area contributed by atoms with E-state index in [1.165, 1.54) is 26.4 Å². The monoisotopic (exact) mass is 595 g/mol. The van der Waals surface area contributed by atoms with Crippen LogP contribution in [0.25, 0.3) is 11.3 Å². The van der Waals surface area contributed by atoms with Gasteiger partial charge in [0.1, 0.15) is 29.1 Å². The highest BCUT2D eigenvalue weighted by atomic mass is 32.2. The van der Waals surface area contributed by atoms with Crippen molar-refractivity contribution in [2.24, 2.45) is 0 Å². The Morgan fingerprint density at radius 1 is 1.07 bits per heavy atom. The molecule has 0 spiro atoms. The number of rotatable bonds is 9. The van der Waals surface area contributed by atoms with Gasteiger partial charge in [-0.05, 0) is 60.7 Å². The van der Waals surface area contributed by atoms with Crippen LogP contribution in [0.5, 0.6) is 11.5 Å². The van der Waals surface area contributed by atoms with Gasteiger partial charge < -0.3 is 24.1 Å². The number of hydrogen-bond acceptors (Lipinski definition) is 9. The number of hydrogen-bond donors (Lipinski definition) is 2. The van der Waals surface area contributed by atoms with Crippen LogP contribution in [0.4, 0.5) is 17.1 Å². The molecule has 2 N–H and O–H groups in total. The standard InChI is InChI=1S/C27H25N5O7S2/c1-37-22-10-8-16(14-20(22)30-41(3,35)36)31-26(25(29-27(31)40)19-6-4-5-13-28-19)23-12-11-21(39-23)18-9-7-17(32(33)34)15-24(18)38-2/h4-15,25-26,30H,1-3H3,(H,29,40)/t25-,26+/m0/s1. The second kappa shape index (κ2) is 11.1. The molecule has 2 aromatic heterocycles. The fourth-order valence-electron chi connectivity index (χ4n) is 4.70. The number of nitro groups is 1. The van der Waals surface area contributed by atoms with Crippen molar-refractivity contribution in [2.75, 3.05) is 30.1 Å². The quantitative estimate of drug-likeness (QED) is 0.156. The van der Waals surface area contributed by atoms with Gasteiger partial charge in [-0.1, -0.05) is 6.07 Å². The molecule has 2 aromatic carbocycles. The van der Waals surface area contributed by atoms with Gasteiger partial charge >= 0.3 is 0 Å². The predicted octanol–water partition coefficient (Wildman–Crippen LogP) is 4.82. The smallest absolute Gasteiger partial charge is 0.273 e. The number of methoxy groups -OCH3 is 2. The Morgan fingerprint density at radius 2 is 1.85 bits per heavy atom. The molecule has 5 rings (SSSR count). The third-order valence-electron chi connectivity index (χ3n) is 6.43. The first-order valence-electron chi connectivity index (χ1n) is 12.2. The lowest BCUT2D eigenvalue weighted by atomic mass is 10.0. The van der Waals surface area contributed by atoms with Crippen molar-refractivity contribution in [3.05, 3.63) is 94.5 Å². The summed E-state index contributed by atoms with van der Waals surface area (Å²) in [6.07, 6.45) is 2.73. The van der Waals surface area contributed by atoms with Crippen LogP contribution in [-0.4, -0.2) is 43.9 Å². The number of benzene rings is 2. The zero-order valence-electron chi connectivity index (χ0n) is 22.1. The van der Waals surface area contributed by atoms with Crippen molar-refractivity contribution in [1.29, 1.82) is 0 Å². The third kappa shape index (κ3) is 5.64. The molecule has 0 unspecified atom stereocenters.